The van der Waals surface area contributed by atoms with E-state index in [4.69, 9.17) is 0 Å². The molecule has 0 bridgehead atoms. The number of hydrogen-bond donors (Lipinski definition) is 1. The third-order valence-electron chi connectivity index (χ3n) is 2.34. The van der Waals surface area contributed by atoms with Crippen molar-refractivity contribution < 1.29 is 5.11 Å². The quantitative estimate of drug-likeness (QED) is 0.553. The minimum Gasteiger partial charge on any atom is -0.393 e. The van der Waals surface area contributed by atoms with Gasteiger partial charge in [0.15, 0.2) is 0 Å². The van der Waals surface area contributed by atoms with E-state index in [2.05, 4.69) is 13.5 Å². The van der Waals surface area contributed by atoms with Crippen molar-refractivity contribution in [3.8, 4) is 0 Å². The first kappa shape index (κ1) is 7.80. The van der Waals surface area contributed by atoms with Gasteiger partial charge in [0.1, 0.15) is 0 Å². The molecule has 10 heavy (non-hydrogen) atoms. The van der Waals surface area contributed by atoms with E-state index in [-0.39, 0.29) is 6.10 Å². The maximum atomic E-state index is 9.29. The molecule has 1 heteroatoms. The Labute approximate surface area is 62.8 Å². The summed E-state index contributed by atoms with van der Waals surface area (Å²) in [6, 6.07) is 0. The van der Waals surface area contributed by atoms with E-state index in [9.17, 15) is 5.11 Å². The molecule has 1 fully saturated rings. The SMILES string of the molecule is C=C(C)C1CCCC(O)C1. The van der Waals surface area contributed by atoms with E-state index in [0.717, 1.165) is 12.8 Å². The van der Waals surface area contributed by atoms with Gasteiger partial charge in [-0.15, -0.1) is 0 Å². The monoisotopic (exact) mass is 140 g/mol. The molecular weight excluding hydrogens is 124 g/mol. The summed E-state index contributed by atoms with van der Waals surface area (Å²) in [5.41, 5.74) is 1.23. The van der Waals surface area contributed by atoms with Gasteiger partial charge in [-0.2, -0.15) is 0 Å². The second-order valence-corrected chi connectivity index (χ2v) is 3.36. The van der Waals surface area contributed by atoms with Crippen LogP contribution >= 0.6 is 0 Å². The van der Waals surface area contributed by atoms with E-state index in [0.29, 0.717) is 5.92 Å². The van der Waals surface area contributed by atoms with Crippen molar-refractivity contribution >= 4 is 0 Å². The average molecular weight is 140 g/mol. The molecule has 0 aromatic rings. The van der Waals surface area contributed by atoms with Gasteiger partial charge in [0.05, 0.1) is 6.10 Å². The van der Waals surface area contributed by atoms with E-state index in [1.165, 1.54) is 18.4 Å². The average Bonchev–Trinajstić information content (AvgIpc) is 1.88. The number of aliphatic hydroxyl groups is 1. The molecule has 2 atom stereocenters. The fraction of sp³-hybridized carbons (Fsp3) is 0.778. The van der Waals surface area contributed by atoms with Gasteiger partial charge in [-0.25, -0.2) is 0 Å². The van der Waals surface area contributed by atoms with Gasteiger partial charge in [-0.3, -0.25) is 0 Å². The largest absolute Gasteiger partial charge is 0.393 e. The van der Waals surface area contributed by atoms with Crippen molar-refractivity contribution in [1.29, 1.82) is 0 Å². The van der Waals surface area contributed by atoms with Gasteiger partial charge < -0.3 is 5.11 Å². The van der Waals surface area contributed by atoms with Crippen LogP contribution in [0.25, 0.3) is 0 Å². The first-order valence-electron chi connectivity index (χ1n) is 4.03. The Kier molecular flexibility index (Phi) is 2.50. The van der Waals surface area contributed by atoms with Crippen molar-refractivity contribution in [2.75, 3.05) is 0 Å². The molecule has 1 rings (SSSR count). The summed E-state index contributed by atoms with van der Waals surface area (Å²) in [6.45, 7) is 5.96. The predicted octanol–water partition coefficient (Wildman–Crippen LogP) is 2.11. The molecule has 1 saturated carbocycles. The molecule has 0 aromatic carbocycles. The Morgan fingerprint density at radius 3 is 2.60 bits per heavy atom. The molecule has 0 aliphatic heterocycles. The molecule has 1 aliphatic rings. The van der Waals surface area contributed by atoms with Crippen LogP contribution in [0.15, 0.2) is 12.2 Å². The number of allylic oxidation sites excluding steroid dienone is 1. The van der Waals surface area contributed by atoms with Crippen molar-refractivity contribution in [2.24, 2.45) is 5.92 Å². The molecule has 1 aliphatic carbocycles. The Balaban J connectivity index is 2.39. The zero-order valence-electron chi connectivity index (χ0n) is 6.64. The first-order valence-corrected chi connectivity index (χ1v) is 4.03. The van der Waals surface area contributed by atoms with Gasteiger partial charge in [0, 0.05) is 0 Å². The van der Waals surface area contributed by atoms with Crippen molar-refractivity contribution in [3.05, 3.63) is 12.2 Å². The highest BCUT2D eigenvalue weighted by Gasteiger charge is 2.19. The zero-order chi connectivity index (χ0) is 7.56. The third kappa shape index (κ3) is 1.84. The van der Waals surface area contributed by atoms with E-state index < -0.39 is 0 Å². The highest BCUT2D eigenvalue weighted by Crippen LogP contribution is 2.28. The molecule has 0 heterocycles. The third-order valence-corrected chi connectivity index (χ3v) is 2.34. The van der Waals surface area contributed by atoms with Gasteiger partial charge in [-0.1, -0.05) is 18.6 Å². The number of hydrogen-bond acceptors (Lipinski definition) is 1. The Morgan fingerprint density at radius 1 is 1.50 bits per heavy atom. The smallest absolute Gasteiger partial charge is 0.0546 e. The van der Waals surface area contributed by atoms with E-state index in [1.807, 2.05) is 0 Å². The molecule has 1 N–H and O–H groups in total. The summed E-state index contributed by atoms with van der Waals surface area (Å²) < 4.78 is 0. The standard InChI is InChI=1S/C9H16O/c1-7(2)8-4-3-5-9(10)6-8/h8-10H,1,3-6H2,2H3. The van der Waals surface area contributed by atoms with Crippen molar-refractivity contribution in [3.63, 3.8) is 0 Å². The van der Waals surface area contributed by atoms with Crippen LogP contribution in [0.3, 0.4) is 0 Å². The van der Waals surface area contributed by atoms with Crippen LogP contribution in [0.4, 0.5) is 0 Å². The highest BCUT2D eigenvalue weighted by atomic mass is 16.3. The molecule has 0 amide bonds. The maximum absolute atomic E-state index is 9.29. The Hall–Kier alpha value is -0.300. The molecule has 58 valence electrons. The maximum Gasteiger partial charge on any atom is 0.0546 e. The highest BCUT2D eigenvalue weighted by molar-refractivity contribution is 4.98. The lowest BCUT2D eigenvalue weighted by atomic mass is 9.83. The fourth-order valence-corrected chi connectivity index (χ4v) is 1.61. The van der Waals surface area contributed by atoms with E-state index >= 15 is 0 Å². The minimum atomic E-state index is -0.0598. The van der Waals surface area contributed by atoms with Crippen LogP contribution < -0.4 is 0 Å². The molecule has 1 nitrogen and oxygen atoms in total. The number of rotatable bonds is 1. The molecule has 0 saturated heterocycles. The van der Waals surface area contributed by atoms with Crippen LogP contribution in [-0.2, 0) is 0 Å². The van der Waals surface area contributed by atoms with E-state index in [1.54, 1.807) is 0 Å². The molecule has 2 unspecified atom stereocenters. The predicted molar refractivity (Wildman–Crippen MR) is 42.8 cm³/mol. The summed E-state index contributed by atoms with van der Waals surface area (Å²) >= 11 is 0. The summed E-state index contributed by atoms with van der Waals surface area (Å²) in [6.07, 6.45) is 4.26. The molecule has 0 spiro atoms. The summed E-state index contributed by atoms with van der Waals surface area (Å²) in [4.78, 5) is 0. The Morgan fingerprint density at radius 2 is 2.20 bits per heavy atom. The van der Waals surface area contributed by atoms with Crippen LogP contribution in [0.1, 0.15) is 32.6 Å². The second kappa shape index (κ2) is 3.20. The van der Waals surface area contributed by atoms with Crippen LogP contribution in [0.5, 0.6) is 0 Å². The lowest BCUT2D eigenvalue weighted by Crippen LogP contribution is -2.19. The van der Waals surface area contributed by atoms with Gasteiger partial charge in [-0.05, 0) is 32.1 Å². The lowest BCUT2D eigenvalue weighted by Gasteiger charge is -2.25. The van der Waals surface area contributed by atoms with Gasteiger partial charge in [0.25, 0.3) is 0 Å². The summed E-state index contributed by atoms with van der Waals surface area (Å²) in [7, 11) is 0. The number of aliphatic hydroxyl groups excluding tert-OH is 1. The first-order chi connectivity index (χ1) is 4.70. The van der Waals surface area contributed by atoms with Crippen LogP contribution in [0, 0.1) is 5.92 Å². The zero-order valence-corrected chi connectivity index (χ0v) is 6.64. The van der Waals surface area contributed by atoms with Crippen LogP contribution in [0.2, 0.25) is 0 Å². The molecular formula is C9H16O. The van der Waals surface area contributed by atoms with Gasteiger partial charge >= 0.3 is 0 Å². The van der Waals surface area contributed by atoms with Crippen molar-refractivity contribution in [1.82, 2.24) is 0 Å². The topological polar surface area (TPSA) is 20.2 Å². The fourth-order valence-electron chi connectivity index (χ4n) is 1.61. The van der Waals surface area contributed by atoms with Crippen LogP contribution in [-0.4, -0.2) is 11.2 Å². The van der Waals surface area contributed by atoms with Gasteiger partial charge in [0.2, 0.25) is 0 Å². The lowest BCUT2D eigenvalue weighted by molar-refractivity contribution is 0.110. The molecule has 0 aromatic heterocycles. The normalized spacial score (nSPS) is 33.8. The molecule has 0 radical (unpaired) electrons. The Bertz CT molecular complexity index is 129. The minimum absolute atomic E-state index is 0.0598. The summed E-state index contributed by atoms with van der Waals surface area (Å²) in [5.74, 6) is 0.587. The second-order valence-electron chi connectivity index (χ2n) is 3.36. The summed E-state index contributed by atoms with van der Waals surface area (Å²) in [5, 5.41) is 9.29. The van der Waals surface area contributed by atoms with Crippen molar-refractivity contribution in [2.45, 2.75) is 38.7 Å².